The van der Waals surface area contributed by atoms with Gasteiger partial charge in [0, 0.05) is 0 Å². The van der Waals surface area contributed by atoms with Gasteiger partial charge in [-0.2, -0.15) is 0 Å². The summed E-state index contributed by atoms with van der Waals surface area (Å²) in [4.78, 5) is 50.0. The molecule has 0 aliphatic carbocycles. The number of anilines is 1. The highest BCUT2D eigenvalue weighted by molar-refractivity contribution is 6.06. The molecule has 0 unspecified atom stereocenters. The van der Waals surface area contributed by atoms with E-state index in [-0.39, 0.29) is 28.7 Å². The molecule has 3 atom stereocenters. The van der Waals surface area contributed by atoms with Gasteiger partial charge in [-0.05, 0) is 76.9 Å². The zero-order valence-electron chi connectivity index (χ0n) is 23.6. The smallest absolute Gasteiger partial charge is 0.326 e. The second-order valence-corrected chi connectivity index (χ2v) is 10.7. The molecule has 2 aromatic carbocycles. The summed E-state index contributed by atoms with van der Waals surface area (Å²) in [6.07, 6.45) is 0.407. The summed E-state index contributed by atoms with van der Waals surface area (Å²) in [5.41, 5.74) is 1.07. The van der Waals surface area contributed by atoms with Crippen LogP contribution in [0, 0.1) is 5.92 Å². The molecular weight excluding hydrogens is 500 g/mol. The zero-order chi connectivity index (χ0) is 29.3. The Morgan fingerprint density at radius 3 is 2.05 bits per heavy atom. The number of aliphatic carboxylic acids is 1. The van der Waals surface area contributed by atoms with Crippen molar-refractivity contribution in [1.29, 1.82) is 0 Å². The Bertz CT molecular complexity index is 1160. The largest absolute Gasteiger partial charge is 0.488 e. The second-order valence-electron chi connectivity index (χ2n) is 10.7. The standard InChI is InChI=1S/C29H40N4O6/c1-17(2)24(28(37)38)33-25(34)18(3)31-26(35)21-10-8-9-11-22(21)32-27(36)23(30-7)16-19-12-14-20(15-13-19)39-29(4,5)6/h8-15,17-18,23-24,30H,16H2,1-7H3,(H,31,35)(H,32,36)(H,33,34)(H,37,38)/t18-,23-,24-/m0/s1. The van der Waals surface area contributed by atoms with Crippen molar-refractivity contribution < 1.29 is 29.0 Å². The van der Waals surface area contributed by atoms with Crippen LogP contribution in [-0.4, -0.2) is 59.6 Å². The monoisotopic (exact) mass is 540 g/mol. The Hall–Kier alpha value is -3.92. The molecule has 0 radical (unpaired) electrons. The van der Waals surface area contributed by atoms with E-state index in [2.05, 4.69) is 21.3 Å². The van der Waals surface area contributed by atoms with Gasteiger partial charge < -0.3 is 31.1 Å². The number of carboxylic acids is 1. The van der Waals surface area contributed by atoms with Crippen LogP contribution >= 0.6 is 0 Å². The molecule has 0 aliphatic heterocycles. The van der Waals surface area contributed by atoms with Crippen LogP contribution in [0.3, 0.4) is 0 Å². The minimum Gasteiger partial charge on any atom is -0.488 e. The maximum Gasteiger partial charge on any atom is 0.326 e. The first-order valence-corrected chi connectivity index (χ1v) is 12.9. The maximum absolute atomic E-state index is 13.1. The van der Waals surface area contributed by atoms with E-state index in [1.807, 2.05) is 45.0 Å². The molecule has 0 fully saturated rings. The van der Waals surface area contributed by atoms with Gasteiger partial charge in [0.05, 0.1) is 17.3 Å². The minimum absolute atomic E-state index is 0.169. The zero-order valence-corrected chi connectivity index (χ0v) is 23.6. The Morgan fingerprint density at radius 1 is 0.897 bits per heavy atom. The van der Waals surface area contributed by atoms with E-state index in [9.17, 15) is 24.3 Å². The number of hydrogen-bond donors (Lipinski definition) is 5. The van der Waals surface area contributed by atoms with Crippen LogP contribution in [0.25, 0.3) is 0 Å². The lowest BCUT2D eigenvalue weighted by molar-refractivity contribution is -0.143. The van der Waals surface area contributed by atoms with Crippen LogP contribution in [0.1, 0.15) is 57.5 Å². The summed E-state index contributed by atoms with van der Waals surface area (Å²) in [5, 5.41) is 20.1. The Kier molecular flexibility index (Phi) is 11.0. The number of likely N-dealkylation sites (N-methyl/N-ethyl adjacent to an activating group) is 1. The number of rotatable bonds is 12. The fourth-order valence-electron chi connectivity index (χ4n) is 3.75. The van der Waals surface area contributed by atoms with E-state index in [1.54, 1.807) is 39.1 Å². The topological polar surface area (TPSA) is 146 Å². The van der Waals surface area contributed by atoms with Crippen molar-refractivity contribution >= 4 is 29.4 Å². The number of amides is 3. The molecule has 0 heterocycles. The van der Waals surface area contributed by atoms with Gasteiger partial charge in [0.2, 0.25) is 11.8 Å². The number of hydrogen-bond acceptors (Lipinski definition) is 6. The van der Waals surface area contributed by atoms with E-state index in [1.165, 1.54) is 13.0 Å². The van der Waals surface area contributed by atoms with Gasteiger partial charge in [0.1, 0.15) is 23.4 Å². The van der Waals surface area contributed by atoms with E-state index in [0.717, 1.165) is 11.3 Å². The third-order valence-electron chi connectivity index (χ3n) is 5.85. The summed E-state index contributed by atoms with van der Waals surface area (Å²) < 4.78 is 5.85. The molecule has 5 N–H and O–H groups in total. The summed E-state index contributed by atoms with van der Waals surface area (Å²) in [7, 11) is 1.68. The van der Waals surface area contributed by atoms with Gasteiger partial charge in [-0.3, -0.25) is 14.4 Å². The Balaban J connectivity index is 2.07. The van der Waals surface area contributed by atoms with Crippen molar-refractivity contribution in [3.63, 3.8) is 0 Å². The van der Waals surface area contributed by atoms with Gasteiger partial charge in [0.25, 0.3) is 5.91 Å². The average Bonchev–Trinajstić information content (AvgIpc) is 2.85. The quantitative estimate of drug-likeness (QED) is 0.278. The van der Waals surface area contributed by atoms with Crippen molar-refractivity contribution in [3.8, 4) is 5.75 Å². The molecule has 0 spiro atoms. The predicted molar refractivity (Wildman–Crippen MR) is 150 cm³/mol. The molecular formula is C29H40N4O6. The summed E-state index contributed by atoms with van der Waals surface area (Å²) >= 11 is 0. The minimum atomic E-state index is -1.15. The Labute approximate surface area is 229 Å². The first-order valence-electron chi connectivity index (χ1n) is 12.9. The number of benzene rings is 2. The van der Waals surface area contributed by atoms with Gasteiger partial charge >= 0.3 is 5.97 Å². The molecule has 0 aromatic heterocycles. The molecule has 0 bridgehead atoms. The van der Waals surface area contributed by atoms with Crippen LogP contribution in [0.2, 0.25) is 0 Å². The molecule has 212 valence electrons. The molecule has 39 heavy (non-hydrogen) atoms. The van der Waals surface area contributed by atoms with Crippen molar-refractivity contribution in [3.05, 3.63) is 59.7 Å². The highest BCUT2D eigenvalue weighted by Gasteiger charge is 2.27. The molecule has 2 aromatic rings. The number of carboxylic acid groups (broad SMARTS) is 1. The van der Waals surface area contributed by atoms with Gasteiger partial charge in [-0.1, -0.05) is 38.1 Å². The van der Waals surface area contributed by atoms with Gasteiger partial charge in [0.15, 0.2) is 0 Å². The third-order valence-corrected chi connectivity index (χ3v) is 5.85. The highest BCUT2D eigenvalue weighted by Crippen LogP contribution is 2.20. The van der Waals surface area contributed by atoms with Crippen LogP contribution in [0.15, 0.2) is 48.5 Å². The van der Waals surface area contributed by atoms with Crippen molar-refractivity contribution in [2.24, 2.45) is 5.92 Å². The van der Waals surface area contributed by atoms with Crippen molar-refractivity contribution in [2.75, 3.05) is 12.4 Å². The lowest BCUT2D eigenvalue weighted by Crippen LogP contribution is -2.52. The maximum atomic E-state index is 13.1. The van der Waals surface area contributed by atoms with E-state index < -0.39 is 35.9 Å². The number of para-hydroxylation sites is 1. The SMILES string of the molecule is CN[C@@H](Cc1ccc(OC(C)(C)C)cc1)C(=O)Nc1ccccc1C(=O)N[C@@H](C)C(=O)N[C@H](C(=O)O)C(C)C. The predicted octanol–water partition coefficient (Wildman–Crippen LogP) is 2.98. The van der Waals surface area contributed by atoms with E-state index in [0.29, 0.717) is 6.42 Å². The van der Waals surface area contributed by atoms with Crippen LogP contribution in [-0.2, 0) is 20.8 Å². The van der Waals surface area contributed by atoms with E-state index >= 15 is 0 Å². The van der Waals surface area contributed by atoms with Gasteiger partial charge in [-0.25, -0.2) is 4.79 Å². The molecule has 10 nitrogen and oxygen atoms in total. The fraction of sp³-hybridized carbons (Fsp3) is 0.448. The summed E-state index contributed by atoms with van der Waals surface area (Å²) in [6.45, 7) is 10.7. The first-order chi connectivity index (χ1) is 18.2. The normalized spacial score (nSPS) is 13.6. The molecule has 0 saturated heterocycles. The van der Waals surface area contributed by atoms with Crippen LogP contribution in [0.5, 0.6) is 5.75 Å². The molecule has 0 saturated carbocycles. The highest BCUT2D eigenvalue weighted by atomic mass is 16.5. The number of carbonyl (C=O) groups is 4. The second kappa shape index (κ2) is 13.7. The van der Waals surface area contributed by atoms with Crippen LogP contribution < -0.4 is 26.0 Å². The summed E-state index contributed by atoms with van der Waals surface area (Å²) in [6, 6.07) is 11.3. The molecule has 2 rings (SSSR count). The van der Waals surface area contributed by atoms with Crippen molar-refractivity contribution in [1.82, 2.24) is 16.0 Å². The number of nitrogens with one attached hydrogen (secondary N) is 4. The summed E-state index contributed by atoms with van der Waals surface area (Å²) in [5.74, 6) is -2.29. The van der Waals surface area contributed by atoms with Crippen LogP contribution in [0.4, 0.5) is 5.69 Å². The van der Waals surface area contributed by atoms with E-state index in [4.69, 9.17) is 4.74 Å². The molecule has 10 heteroatoms. The molecule has 0 aliphatic rings. The van der Waals surface area contributed by atoms with Gasteiger partial charge in [-0.15, -0.1) is 0 Å². The lowest BCUT2D eigenvalue weighted by Gasteiger charge is -2.22. The van der Waals surface area contributed by atoms with Crippen molar-refractivity contribution in [2.45, 2.75) is 71.7 Å². The number of ether oxygens (including phenoxy) is 1. The number of carbonyl (C=O) groups excluding carboxylic acids is 3. The Morgan fingerprint density at radius 2 is 1.51 bits per heavy atom. The molecule has 3 amide bonds. The average molecular weight is 541 g/mol. The lowest BCUT2D eigenvalue weighted by atomic mass is 10.0. The third kappa shape index (κ3) is 9.72. The first kappa shape index (κ1) is 31.3. The fourth-order valence-corrected chi connectivity index (χ4v) is 3.75.